The van der Waals surface area contributed by atoms with Crippen LogP contribution in [0.25, 0.3) is 32.2 Å². The zero-order chi connectivity index (χ0) is 34.6. The molecule has 1 aliphatic carbocycles. The summed E-state index contributed by atoms with van der Waals surface area (Å²) in [4.78, 5) is 30.8. The van der Waals surface area contributed by atoms with E-state index in [4.69, 9.17) is 10.5 Å². The molecule has 9 nitrogen and oxygen atoms in total. The van der Waals surface area contributed by atoms with Gasteiger partial charge in [-0.15, -0.1) is 0 Å². The summed E-state index contributed by atoms with van der Waals surface area (Å²) in [6.07, 6.45) is -2.42. The number of amides is 1. The molecule has 0 spiro atoms. The number of hydrogen-bond acceptors (Lipinski definition) is 9. The fourth-order valence-corrected chi connectivity index (χ4v) is 9.29. The van der Waals surface area contributed by atoms with Crippen LogP contribution in [0.15, 0.2) is 30.9 Å². The minimum atomic E-state index is -5.06. The highest BCUT2D eigenvalue weighted by Gasteiger charge is 2.55. The smallest absolute Gasteiger partial charge is 0.417 e. The molecule has 6 heterocycles. The molecule has 4 saturated heterocycles. The Balaban J connectivity index is 1.31. The van der Waals surface area contributed by atoms with E-state index in [0.717, 1.165) is 36.0 Å². The number of nitrogens with zero attached hydrogens (tertiary/aromatic N) is 6. The molecule has 0 unspecified atom stereocenters. The number of carbonyl (C=O) groups excluding carboxylic acids is 1. The molecule has 9 rings (SSSR count). The van der Waals surface area contributed by atoms with E-state index in [9.17, 15) is 26.7 Å². The van der Waals surface area contributed by atoms with E-state index in [1.165, 1.54) is 6.08 Å². The molecule has 4 aromatic rings. The van der Waals surface area contributed by atoms with Crippen LogP contribution in [0.5, 0.6) is 6.01 Å². The number of rotatable bonds is 7. The Morgan fingerprint density at radius 1 is 1.22 bits per heavy atom. The number of nitrogen functional groups attached to an aromatic ring is 1. The number of fused-ring (bicyclic) bond motifs is 4. The number of likely N-dealkylation sites (N-methyl/N-ethyl adjacent to an activating group) is 1. The van der Waals surface area contributed by atoms with Crippen molar-refractivity contribution in [1.29, 1.82) is 0 Å². The third-order valence-electron chi connectivity index (χ3n) is 10.7. The van der Waals surface area contributed by atoms with E-state index >= 15 is 4.39 Å². The van der Waals surface area contributed by atoms with Crippen LogP contribution in [0.4, 0.5) is 37.3 Å². The van der Waals surface area contributed by atoms with Gasteiger partial charge in [0.15, 0.2) is 10.9 Å². The van der Waals surface area contributed by atoms with Gasteiger partial charge in [-0.1, -0.05) is 17.9 Å². The highest BCUT2D eigenvalue weighted by Crippen LogP contribution is 2.49. The number of aromatic nitrogens is 3. The lowest BCUT2D eigenvalue weighted by Crippen LogP contribution is -2.54. The molecule has 2 aromatic carbocycles. The summed E-state index contributed by atoms with van der Waals surface area (Å²) >= 11 is 0.738. The Labute approximate surface area is 280 Å². The van der Waals surface area contributed by atoms with Crippen LogP contribution in [0, 0.1) is 17.6 Å². The van der Waals surface area contributed by atoms with Gasteiger partial charge in [-0.05, 0) is 50.1 Å². The molecule has 2 bridgehead atoms. The molecular formula is C33H31F6N7O2S. The van der Waals surface area contributed by atoms with Gasteiger partial charge in [-0.3, -0.25) is 9.69 Å². The molecule has 5 fully saturated rings. The summed E-state index contributed by atoms with van der Waals surface area (Å²) in [6, 6.07) is 1.92. The highest BCUT2D eigenvalue weighted by atomic mass is 32.1. The molecule has 4 aliphatic heterocycles. The second-order valence-electron chi connectivity index (χ2n) is 13.4. The van der Waals surface area contributed by atoms with E-state index in [2.05, 4.69) is 21.5 Å². The van der Waals surface area contributed by atoms with Crippen LogP contribution in [-0.2, 0) is 11.0 Å². The quantitative estimate of drug-likeness (QED) is 0.186. The van der Waals surface area contributed by atoms with Crippen LogP contribution < -0.4 is 15.4 Å². The number of ether oxygens (including phenoxy) is 1. The third-order valence-corrected chi connectivity index (χ3v) is 11.6. The maximum atomic E-state index is 17.0. The van der Waals surface area contributed by atoms with Gasteiger partial charge < -0.3 is 20.3 Å². The summed E-state index contributed by atoms with van der Waals surface area (Å²) in [5.74, 6) is -2.36. The van der Waals surface area contributed by atoms with Crippen molar-refractivity contribution < 1.29 is 35.9 Å². The minimum Gasteiger partial charge on any atom is -0.461 e. The van der Waals surface area contributed by atoms with Crippen LogP contribution >= 0.6 is 11.3 Å². The largest absolute Gasteiger partial charge is 0.461 e. The molecule has 2 aromatic heterocycles. The average molecular weight is 704 g/mol. The van der Waals surface area contributed by atoms with Gasteiger partial charge in [0.2, 0.25) is 5.91 Å². The Bertz CT molecular complexity index is 2040. The fraction of sp³-hybridized carbons (Fsp3) is 0.455. The topological polar surface area (TPSA) is 101 Å². The van der Waals surface area contributed by atoms with Crippen molar-refractivity contribution in [2.45, 2.75) is 55.7 Å². The summed E-state index contributed by atoms with van der Waals surface area (Å²) in [7, 11) is 1.64. The normalized spacial score (nSPS) is 26.4. The Hall–Kier alpha value is -4.18. The average Bonchev–Trinajstić information content (AvgIpc) is 3.86. The van der Waals surface area contributed by atoms with Gasteiger partial charge in [0.05, 0.1) is 33.4 Å². The van der Waals surface area contributed by atoms with Crippen LogP contribution in [0.3, 0.4) is 0 Å². The predicted octanol–water partition coefficient (Wildman–Crippen LogP) is 5.96. The first kappa shape index (κ1) is 32.0. The van der Waals surface area contributed by atoms with Crippen molar-refractivity contribution in [2.24, 2.45) is 5.92 Å². The maximum absolute atomic E-state index is 17.0. The second-order valence-corrected chi connectivity index (χ2v) is 14.4. The molecule has 1 amide bonds. The van der Waals surface area contributed by atoms with Crippen LogP contribution in [-0.4, -0.2) is 87.7 Å². The van der Waals surface area contributed by atoms with Gasteiger partial charge in [-0.25, -0.2) is 18.2 Å². The van der Waals surface area contributed by atoms with E-state index in [-0.39, 0.29) is 81.6 Å². The predicted molar refractivity (Wildman–Crippen MR) is 172 cm³/mol. The van der Waals surface area contributed by atoms with Crippen LogP contribution in [0.2, 0.25) is 0 Å². The Morgan fingerprint density at radius 3 is 2.78 bits per heavy atom. The molecular weight excluding hydrogens is 672 g/mol. The molecule has 2 N–H and O–H groups in total. The van der Waals surface area contributed by atoms with E-state index in [1.807, 2.05) is 4.90 Å². The molecule has 16 heteroatoms. The number of nitrogens with two attached hydrogens (primary N) is 1. The SMILES string of the molecule is C=CC(=O)N1C[C@@H]2C[C@H]1[C@@H]2N(C)c1nc(OC[C@@]23CCCN2C[C@H](F)C3)nc2c(F)c(-c3ccc(F)c4sc(N)nc34)c(C(F)(F)F)cc12. The zero-order valence-corrected chi connectivity index (χ0v) is 27.1. The van der Waals surface area contributed by atoms with E-state index in [1.54, 1.807) is 16.8 Å². The monoisotopic (exact) mass is 703 g/mol. The van der Waals surface area contributed by atoms with Gasteiger partial charge in [0.1, 0.15) is 29.9 Å². The number of halogens is 6. The zero-order valence-electron chi connectivity index (χ0n) is 26.2. The first-order chi connectivity index (χ1) is 23.3. The number of benzene rings is 2. The third kappa shape index (κ3) is 4.92. The number of hydrogen-bond donors (Lipinski definition) is 1. The summed E-state index contributed by atoms with van der Waals surface area (Å²) < 4.78 is 96.8. The fourth-order valence-electron chi connectivity index (χ4n) is 8.53. The number of anilines is 2. The molecule has 1 saturated carbocycles. The van der Waals surface area contributed by atoms with Gasteiger partial charge >= 0.3 is 12.2 Å². The van der Waals surface area contributed by atoms with Gasteiger partial charge in [0.25, 0.3) is 0 Å². The lowest BCUT2D eigenvalue weighted by molar-refractivity contribution is -0.137. The second kappa shape index (κ2) is 11.2. The first-order valence-corrected chi connectivity index (χ1v) is 16.8. The Morgan fingerprint density at radius 2 is 2.02 bits per heavy atom. The maximum Gasteiger partial charge on any atom is 0.417 e. The molecule has 258 valence electrons. The summed E-state index contributed by atoms with van der Waals surface area (Å²) in [5.41, 5.74) is 2.04. The van der Waals surface area contributed by atoms with Gasteiger partial charge in [-0.2, -0.15) is 23.1 Å². The number of thiazole rings is 1. The molecule has 5 aliphatic rings. The lowest BCUT2D eigenvalue weighted by Gasteiger charge is -2.43. The van der Waals surface area contributed by atoms with E-state index in [0.29, 0.717) is 25.9 Å². The first-order valence-electron chi connectivity index (χ1n) is 15.9. The highest BCUT2D eigenvalue weighted by molar-refractivity contribution is 7.22. The van der Waals surface area contributed by atoms with Crippen molar-refractivity contribution >= 4 is 49.3 Å². The van der Waals surface area contributed by atoms with Crippen LogP contribution in [0.1, 0.15) is 31.2 Å². The number of carbonyl (C=O) groups is 1. The van der Waals surface area contributed by atoms with Crippen molar-refractivity contribution in [2.75, 3.05) is 43.9 Å². The standard InChI is InChI=1S/C33H31F6N7O2S/c1-3-22(47)46-12-15-9-21(46)27(15)44(2)29-18-10-19(33(37,38)39)23(17-5-6-20(35)28-26(17)41-30(40)49-28)24(36)25(18)42-31(43-29)48-14-32-7-4-8-45(32)13-16(34)11-32/h3,5-6,10,15-16,21,27H,1,4,7-9,11-14H2,2H3,(H2,40,41)/t15-,16+,21-,27+,32-/m0/s1. The Kier molecular flexibility index (Phi) is 7.30. The van der Waals surface area contributed by atoms with Crippen molar-refractivity contribution in [1.82, 2.24) is 24.8 Å². The molecule has 5 atom stereocenters. The van der Waals surface area contributed by atoms with Crippen molar-refractivity contribution in [3.05, 3.63) is 48.1 Å². The molecule has 0 radical (unpaired) electrons. The molecule has 49 heavy (non-hydrogen) atoms. The summed E-state index contributed by atoms with van der Waals surface area (Å²) in [6.45, 7) is 4.98. The summed E-state index contributed by atoms with van der Waals surface area (Å²) in [5, 5.41) is -0.322. The van der Waals surface area contributed by atoms with Crippen molar-refractivity contribution in [3.8, 4) is 17.1 Å². The van der Waals surface area contributed by atoms with Crippen molar-refractivity contribution in [3.63, 3.8) is 0 Å². The van der Waals surface area contributed by atoms with E-state index < -0.39 is 46.2 Å². The number of alkyl halides is 4. The minimum absolute atomic E-state index is 0.00414. The lowest BCUT2D eigenvalue weighted by atomic mass is 9.79. The van der Waals surface area contributed by atoms with Gasteiger partial charge in [0, 0.05) is 49.0 Å².